The number of ether oxygens (including phenoxy) is 2. The Morgan fingerprint density at radius 3 is 2.74 bits per heavy atom. The Hall–Kier alpha value is -1.42. The molecule has 1 unspecified atom stereocenters. The van der Waals surface area contributed by atoms with Crippen molar-refractivity contribution in [2.24, 2.45) is 5.41 Å². The molecule has 2 aliphatic rings. The summed E-state index contributed by atoms with van der Waals surface area (Å²) < 4.78 is 10.6. The van der Waals surface area contributed by atoms with Gasteiger partial charge in [-0.05, 0) is 30.7 Å². The molecule has 2 N–H and O–H groups in total. The van der Waals surface area contributed by atoms with Gasteiger partial charge in [0.15, 0.2) is 11.5 Å². The highest BCUT2D eigenvalue weighted by molar-refractivity contribution is 5.51. The number of fused-ring (bicyclic) bond motifs is 1. The molecule has 1 aliphatic heterocycles. The minimum atomic E-state index is 0.239. The van der Waals surface area contributed by atoms with Crippen molar-refractivity contribution < 1.29 is 14.6 Å². The summed E-state index contributed by atoms with van der Waals surface area (Å²) in [6.07, 6.45) is 3.66. The Kier molecular flexibility index (Phi) is 3.05. The Morgan fingerprint density at radius 2 is 2.05 bits per heavy atom. The van der Waals surface area contributed by atoms with Crippen LogP contribution in [-0.4, -0.2) is 17.9 Å². The molecule has 19 heavy (non-hydrogen) atoms. The first-order valence-corrected chi connectivity index (χ1v) is 6.88. The van der Waals surface area contributed by atoms with E-state index in [9.17, 15) is 5.11 Å². The molecular weight excluding hydrogens is 242 g/mol. The molecule has 0 spiro atoms. The third-order valence-electron chi connectivity index (χ3n) is 4.12. The molecular formula is C15H21NO3. The number of hydrogen-bond acceptors (Lipinski definition) is 4. The van der Waals surface area contributed by atoms with Gasteiger partial charge in [-0.3, -0.25) is 0 Å². The molecule has 3 rings (SSSR count). The molecule has 1 atom stereocenters. The molecule has 1 heterocycles. The number of hydrogen-bond donors (Lipinski definition) is 2. The summed E-state index contributed by atoms with van der Waals surface area (Å²) in [4.78, 5) is 0. The van der Waals surface area contributed by atoms with E-state index in [1.165, 1.54) is 19.3 Å². The summed E-state index contributed by atoms with van der Waals surface area (Å²) >= 11 is 0. The van der Waals surface area contributed by atoms with Crippen LogP contribution in [0.15, 0.2) is 12.1 Å². The molecule has 1 aromatic rings. The minimum absolute atomic E-state index is 0.239. The van der Waals surface area contributed by atoms with E-state index >= 15 is 0 Å². The Bertz CT molecular complexity index is 485. The highest BCUT2D eigenvalue weighted by Crippen LogP contribution is 2.39. The van der Waals surface area contributed by atoms with Crippen LogP contribution in [0.3, 0.4) is 0 Å². The molecule has 0 radical (unpaired) electrons. The molecule has 104 valence electrons. The quantitative estimate of drug-likeness (QED) is 0.880. The fourth-order valence-corrected chi connectivity index (χ4v) is 2.98. The van der Waals surface area contributed by atoms with Gasteiger partial charge >= 0.3 is 0 Å². The minimum Gasteiger partial charge on any atom is -0.507 e. The third-order valence-corrected chi connectivity index (χ3v) is 4.12. The van der Waals surface area contributed by atoms with Crippen LogP contribution < -0.4 is 14.8 Å². The fraction of sp³-hybridized carbons (Fsp3) is 0.600. The first-order chi connectivity index (χ1) is 9.03. The summed E-state index contributed by atoms with van der Waals surface area (Å²) in [7, 11) is 0. The van der Waals surface area contributed by atoms with Crippen molar-refractivity contribution in [2.75, 3.05) is 6.79 Å². The first kappa shape index (κ1) is 12.6. The van der Waals surface area contributed by atoms with Crippen molar-refractivity contribution in [3.8, 4) is 17.2 Å². The maximum atomic E-state index is 9.98. The van der Waals surface area contributed by atoms with Gasteiger partial charge in [0.05, 0.1) is 0 Å². The summed E-state index contributed by atoms with van der Waals surface area (Å²) in [6, 6.07) is 4.04. The number of phenolic OH excluding ortho intramolecular Hbond substituents is 1. The Morgan fingerprint density at radius 1 is 1.32 bits per heavy atom. The second-order valence-electron chi connectivity index (χ2n) is 6.32. The standard InChI is InChI=1S/C15H21NO3/c1-15(2)4-3-11(7-15)16-8-10-5-13-14(6-12(10)17)19-9-18-13/h5-6,11,16-17H,3-4,7-9H2,1-2H3. The van der Waals surface area contributed by atoms with Crippen LogP contribution >= 0.6 is 0 Å². The number of benzene rings is 1. The highest BCUT2D eigenvalue weighted by Gasteiger charge is 2.30. The van der Waals surface area contributed by atoms with E-state index < -0.39 is 0 Å². The SMILES string of the molecule is CC1(C)CCC(NCc2cc3c(cc2O)OCO3)C1. The van der Waals surface area contributed by atoms with Crippen LogP contribution in [0.4, 0.5) is 0 Å². The van der Waals surface area contributed by atoms with E-state index in [1.54, 1.807) is 6.07 Å². The molecule has 4 heteroatoms. The van der Waals surface area contributed by atoms with Crippen LogP contribution in [0.25, 0.3) is 0 Å². The van der Waals surface area contributed by atoms with Crippen LogP contribution in [0, 0.1) is 5.41 Å². The van der Waals surface area contributed by atoms with Gasteiger partial charge in [-0.2, -0.15) is 0 Å². The smallest absolute Gasteiger partial charge is 0.231 e. The van der Waals surface area contributed by atoms with E-state index in [1.807, 2.05) is 6.07 Å². The molecule has 0 bridgehead atoms. The lowest BCUT2D eigenvalue weighted by Crippen LogP contribution is -2.26. The maximum Gasteiger partial charge on any atom is 0.231 e. The zero-order valence-corrected chi connectivity index (χ0v) is 11.5. The summed E-state index contributed by atoms with van der Waals surface area (Å²) in [6.45, 7) is 5.53. The lowest BCUT2D eigenvalue weighted by atomic mass is 9.92. The largest absolute Gasteiger partial charge is 0.507 e. The zero-order chi connectivity index (χ0) is 13.5. The molecule has 0 saturated heterocycles. The van der Waals surface area contributed by atoms with Crippen LogP contribution in [0.5, 0.6) is 17.2 Å². The molecule has 4 nitrogen and oxygen atoms in total. The molecule has 1 aliphatic carbocycles. The molecule has 1 saturated carbocycles. The average Bonchev–Trinajstić information content (AvgIpc) is 2.92. The predicted octanol–water partition coefficient (Wildman–Crippen LogP) is 2.79. The topological polar surface area (TPSA) is 50.7 Å². The van der Waals surface area contributed by atoms with Gasteiger partial charge in [-0.1, -0.05) is 13.8 Å². The van der Waals surface area contributed by atoms with Crippen molar-refractivity contribution in [1.29, 1.82) is 0 Å². The van der Waals surface area contributed by atoms with Crippen LogP contribution in [-0.2, 0) is 6.54 Å². The molecule has 0 amide bonds. The first-order valence-electron chi connectivity index (χ1n) is 6.88. The summed E-state index contributed by atoms with van der Waals surface area (Å²) in [5, 5.41) is 13.5. The summed E-state index contributed by atoms with van der Waals surface area (Å²) in [5.41, 5.74) is 1.31. The van der Waals surface area contributed by atoms with E-state index in [2.05, 4.69) is 19.2 Å². The number of nitrogens with one attached hydrogen (secondary N) is 1. The van der Waals surface area contributed by atoms with Crippen LogP contribution in [0.2, 0.25) is 0 Å². The van der Waals surface area contributed by atoms with Crippen molar-refractivity contribution in [3.05, 3.63) is 17.7 Å². The highest BCUT2D eigenvalue weighted by atomic mass is 16.7. The number of rotatable bonds is 3. The maximum absolute atomic E-state index is 9.98. The number of phenols is 1. The predicted molar refractivity (Wildman–Crippen MR) is 72.5 cm³/mol. The van der Waals surface area contributed by atoms with E-state index in [0.717, 1.165) is 11.3 Å². The molecule has 1 aromatic carbocycles. The van der Waals surface area contributed by atoms with E-state index in [-0.39, 0.29) is 12.5 Å². The molecule has 0 aromatic heterocycles. The fourth-order valence-electron chi connectivity index (χ4n) is 2.98. The van der Waals surface area contributed by atoms with Crippen molar-refractivity contribution >= 4 is 0 Å². The van der Waals surface area contributed by atoms with Gasteiger partial charge in [0.1, 0.15) is 5.75 Å². The van der Waals surface area contributed by atoms with Crippen molar-refractivity contribution in [2.45, 2.75) is 45.7 Å². The lowest BCUT2D eigenvalue weighted by molar-refractivity contribution is 0.174. The third kappa shape index (κ3) is 2.63. The van der Waals surface area contributed by atoms with Crippen LogP contribution in [0.1, 0.15) is 38.7 Å². The zero-order valence-electron chi connectivity index (χ0n) is 11.5. The molecule has 1 fully saturated rings. The van der Waals surface area contributed by atoms with E-state index in [4.69, 9.17) is 9.47 Å². The van der Waals surface area contributed by atoms with Gasteiger partial charge in [-0.15, -0.1) is 0 Å². The monoisotopic (exact) mass is 263 g/mol. The Balaban J connectivity index is 1.64. The van der Waals surface area contributed by atoms with Gasteiger partial charge in [-0.25, -0.2) is 0 Å². The lowest BCUT2D eigenvalue weighted by Gasteiger charge is -2.18. The van der Waals surface area contributed by atoms with Gasteiger partial charge < -0.3 is 19.9 Å². The van der Waals surface area contributed by atoms with Gasteiger partial charge in [0, 0.05) is 24.2 Å². The second-order valence-corrected chi connectivity index (χ2v) is 6.32. The number of aromatic hydroxyl groups is 1. The van der Waals surface area contributed by atoms with E-state index in [0.29, 0.717) is 23.8 Å². The van der Waals surface area contributed by atoms with Gasteiger partial charge in [0.2, 0.25) is 6.79 Å². The normalized spacial score (nSPS) is 23.8. The average molecular weight is 263 g/mol. The summed E-state index contributed by atoms with van der Waals surface area (Å²) in [5.74, 6) is 1.62. The van der Waals surface area contributed by atoms with Crippen molar-refractivity contribution in [3.63, 3.8) is 0 Å². The van der Waals surface area contributed by atoms with Gasteiger partial charge in [0.25, 0.3) is 0 Å². The second kappa shape index (κ2) is 4.60. The Labute approximate surface area is 113 Å². The van der Waals surface area contributed by atoms with Crippen molar-refractivity contribution in [1.82, 2.24) is 5.32 Å².